The highest BCUT2D eigenvalue weighted by molar-refractivity contribution is 9.10. The Balaban J connectivity index is 1.73. The minimum Gasteiger partial charge on any atom is -0.493 e. The molecule has 0 saturated heterocycles. The topological polar surface area (TPSA) is 84.1 Å². The second-order valence-corrected chi connectivity index (χ2v) is 12.0. The van der Waals surface area contributed by atoms with E-state index in [9.17, 15) is 9.59 Å². The summed E-state index contributed by atoms with van der Waals surface area (Å²) < 4.78 is 21.3. The van der Waals surface area contributed by atoms with E-state index in [4.69, 9.17) is 25.8 Å². The molecule has 5 rings (SSSR count). The van der Waals surface area contributed by atoms with Gasteiger partial charge in [-0.25, -0.2) is 9.79 Å². The molecule has 0 fully saturated rings. The normalized spacial score (nSPS) is 15.0. The summed E-state index contributed by atoms with van der Waals surface area (Å²) in [5.74, 6) is 0.437. The number of aryl methyl sites for hydroxylation is 1. The van der Waals surface area contributed by atoms with Gasteiger partial charge in [0.2, 0.25) is 0 Å². The summed E-state index contributed by atoms with van der Waals surface area (Å²) in [6, 6.07) is 12.4. The Kier molecular flexibility index (Phi) is 8.50. The number of methoxy groups -OCH3 is 2. The number of hydrogen-bond acceptors (Lipinski definition) is 7. The Morgan fingerprint density at radius 2 is 1.76 bits per heavy atom. The van der Waals surface area contributed by atoms with Gasteiger partial charge in [0.05, 0.1) is 42.7 Å². The molecule has 8 nitrogen and oxygen atoms in total. The number of halogens is 2. The van der Waals surface area contributed by atoms with Gasteiger partial charge in [-0.15, -0.1) is 0 Å². The van der Waals surface area contributed by atoms with E-state index in [1.54, 1.807) is 37.7 Å². The number of aromatic nitrogens is 2. The summed E-state index contributed by atoms with van der Waals surface area (Å²) in [6.07, 6.45) is 1.88. The van der Waals surface area contributed by atoms with Crippen LogP contribution in [0.5, 0.6) is 11.5 Å². The first kappa shape index (κ1) is 29.9. The van der Waals surface area contributed by atoms with Crippen LogP contribution in [0.25, 0.3) is 11.8 Å². The molecule has 0 N–H and O–H groups in total. The van der Waals surface area contributed by atoms with Crippen LogP contribution in [0.15, 0.2) is 68.0 Å². The highest BCUT2D eigenvalue weighted by Gasteiger charge is 2.35. The van der Waals surface area contributed by atoms with Crippen LogP contribution in [0.1, 0.15) is 42.4 Å². The van der Waals surface area contributed by atoms with Gasteiger partial charge in [-0.2, -0.15) is 0 Å². The largest absolute Gasteiger partial charge is 0.493 e. The molecular weight excluding hydrogens is 642 g/mol. The molecule has 218 valence electrons. The highest BCUT2D eigenvalue weighted by Crippen LogP contribution is 2.40. The molecule has 0 saturated carbocycles. The molecule has 0 bridgehead atoms. The van der Waals surface area contributed by atoms with Crippen molar-refractivity contribution in [1.82, 2.24) is 9.13 Å². The number of ether oxygens (including phenoxy) is 3. The minimum absolute atomic E-state index is 0.184. The number of thiazole rings is 1. The number of benzene rings is 2. The lowest BCUT2D eigenvalue weighted by Crippen LogP contribution is -2.40. The maximum Gasteiger partial charge on any atom is 0.338 e. The first-order valence-electron chi connectivity index (χ1n) is 13.2. The number of allylic oxidation sites excluding steroid dienone is 1. The van der Waals surface area contributed by atoms with Crippen LogP contribution in [0, 0.1) is 13.8 Å². The molecule has 0 spiro atoms. The molecule has 0 radical (unpaired) electrons. The van der Waals surface area contributed by atoms with E-state index in [-0.39, 0.29) is 17.7 Å². The summed E-state index contributed by atoms with van der Waals surface area (Å²) >= 11 is 11.0. The van der Waals surface area contributed by atoms with E-state index in [0.717, 1.165) is 22.6 Å². The molecule has 4 aromatic rings. The molecule has 0 aliphatic carbocycles. The number of nitrogens with zero attached hydrogens (tertiary/aromatic N) is 3. The van der Waals surface area contributed by atoms with Crippen molar-refractivity contribution >= 4 is 50.9 Å². The standard InChI is InChI=1S/C31H29BrClN3O5S/c1-7-41-30(38)27-17(3)34-31-36(28(27)22-14-24(39-5)25(40-6)15-23(22)32)29(37)26(42-31)13-19-12-16(2)35(18(19)4)21-10-8-20(33)9-11-21/h8-15,28H,7H2,1-6H3/b26-13-/t28-/m0/s1. The molecule has 0 unspecified atom stereocenters. The third kappa shape index (κ3) is 5.23. The van der Waals surface area contributed by atoms with Crippen molar-refractivity contribution in [3.8, 4) is 17.2 Å². The van der Waals surface area contributed by atoms with Crippen LogP contribution in [0.2, 0.25) is 5.02 Å². The zero-order valence-electron chi connectivity index (χ0n) is 24.0. The van der Waals surface area contributed by atoms with Gasteiger partial charge in [-0.3, -0.25) is 9.36 Å². The van der Waals surface area contributed by atoms with Crippen molar-refractivity contribution in [3.05, 3.63) is 105 Å². The summed E-state index contributed by atoms with van der Waals surface area (Å²) in [6.45, 7) is 7.71. The van der Waals surface area contributed by atoms with Crippen molar-refractivity contribution in [3.63, 3.8) is 0 Å². The van der Waals surface area contributed by atoms with Crippen molar-refractivity contribution in [2.45, 2.75) is 33.7 Å². The molecule has 0 amide bonds. The maximum atomic E-state index is 14.1. The van der Waals surface area contributed by atoms with Crippen molar-refractivity contribution in [2.24, 2.45) is 4.99 Å². The second kappa shape index (κ2) is 11.9. The Morgan fingerprint density at radius 3 is 2.40 bits per heavy atom. The monoisotopic (exact) mass is 669 g/mol. The van der Waals surface area contributed by atoms with E-state index >= 15 is 0 Å². The Labute approximate surface area is 260 Å². The van der Waals surface area contributed by atoms with E-state index in [2.05, 4.69) is 25.5 Å². The Bertz CT molecular complexity index is 1920. The third-order valence-corrected chi connectivity index (χ3v) is 9.08. The van der Waals surface area contributed by atoms with Gasteiger partial charge >= 0.3 is 5.97 Å². The van der Waals surface area contributed by atoms with Crippen molar-refractivity contribution < 1.29 is 19.0 Å². The number of carbonyl (C=O) groups is 1. The lowest BCUT2D eigenvalue weighted by molar-refractivity contribution is -0.139. The van der Waals surface area contributed by atoms with E-state index in [1.807, 2.05) is 50.3 Å². The fourth-order valence-corrected chi connectivity index (χ4v) is 6.93. The predicted octanol–water partition coefficient (Wildman–Crippen LogP) is 5.64. The summed E-state index contributed by atoms with van der Waals surface area (Å²) in [4.78, 5) is 32.6. The lowest BCUT2D eigenvalue weighted by atomic mass is 9.95. The molecule has 11 heteroatoms. The van der Waals surface area contributed by atoms with Crippen LogP contribution in [-0.4, -0.2) is 35.9 Å². The predicted molar refractivity (Wildman–Crippen MR) is 168 cm³/mol. The summed E-state index contributed by atoms with van der Waals surface area (Å²) in [7, 11) is 3.08. The molecular formula is C31H29BrClN3O5S. The maximum absolute atomic E-state index is 14.1. The third-order valence-electron chi connectivity index (χ3n) is 7.16. The van der Waals surface area contributed by atoms with Gasteiger partial charge in [0.1, 0.15) is 0 Å². The van der Waals surface area contributed by atoms with Crippen LogP contribution in [0.4, 0.5) is 0 Å². The molecule has 2 aromatic heterocycles. The average Bonchev–Trinajstić information content (AvgIpc) is 3.42. The molecule has 2 aromatic carbocycles. The van der Waals surface area contributed by atoms with Gasteiger partial charge in [0.15, 0.2) is 16.3 Å². The van der Waals surface area contributed by atoms with Gasteiger partial charge in [0, 0.05) is 26.6 Å². The SMILES string of the molecule is CCOC(=O)C1=C(C)N=c2s/c(=C\c3cc(C)n(-c4ccc(Cl)cc4)c3C)c(=O)n2[C@H]1c1cc(OC)c(OC)cc1Br. The van der Waals surface area contributed by atoms with Gasteiger partial charge < -0.3 is 18.8 Å². The van der Waals surface area contributed by atoms with Crippen LogP contribution in [-0.2, 0) is 9.53 Å². The number of fused-ring (bicyclic) bond motifs is 1. The lowest BCUT2D eigenvalue weighted by Gasteiger charge is -2.26. The van der Waals surface area contributed by atoms with E-state index < -0.39 is 12.0 Å². The summed E-state index contributed by atoms with van der Waals surface area (Å²) in [5.41, 5.74) is 5.00. The molecule has 3 heterocycles. The number of esters is 1. The van der Waals surface area contributed by atoms with Crippen molar-refractivity contribution in [1.29, 1.82) is 0 Å². The van der Waals surface area contributed by atoms with E-state index in [1.165, 1.54) is 18.4 Å². The quantitative estimate of drug-likeness (QED) is 0.238. The smallest absolute Gasteiger partial charge is 0.338 e. The average molecular weight is 671 g/mol. The Morgan fingerprint density at radius 1 is 1.10 bits per heavy atom. The van der Waals surface area contributed by atoms with Gasteiger partial charge in [-0.1, -0.05) is 38.9 Å². The number of rotatable bonds is 7. The first-order chi connectivity index (χ1) is 20.1. The molecule has 1 aliphatic rings. The van der Waals surface area contributed by atoms with Gasteiger partial charge in [0.25, 0.3) is 5.56 Å². The molecule has 1 aliphatic heterocycles. The number of carbonyl (C=O) groups excluding carboxylic acids is 1. The zero-order chi connectivity index (χ0) is 30.3. The first-order valence-corrected chi connectivity index (χ1v) is 15.1. The van der Waals surface area contributed by atoms with Crippen LogP contribution >= 0.6 is 38.9 Å². The minimum atomic E-state index is -0.807. The molecule has 42 heavy (non-hydrogen) atoms. The summed E-state index contributed by atoms with van der Waals surface area (Å²) in [5, 5.41) is 0.663. The van der Waals surface area contributed by atoms with Crippen LogP contribution < -0.4 is 24.4 Å². The highest BCUT2D eigenvalue weighted by atomic mass is 79.9. The fourth-order valence-electron chi connectivity index (χ4n) is 5.23. The van der Waals surface area contributed by atoms with Gasteiger partial charge in [-0.05, 0) is 87.4 Å². The van der Waals surface area contributed by atoms with Crippen molar-refractivity contribution in [2.75, 3.05) is 20.8 Å². The number of hydrogen-bond donors (Lipinski definition) is 0. The zero-order valence-corrected chi connectivity index (χ0v) is 27.1. The second-order valence-electron chi connectivity index (χ2n) is 9.67. The Hall–Kier alpha value is -3.60. The van der Waals surface area contributed by atoms with Crippen LogP contribution in [0.3, 0.4) is 0 Å². The van der Waals surface area contributed by atoms with E-state index in [0.29, 0.717) is 41.6 Å². The molecule has 1 atom stereocenters. The fraction of sp³-hybridized carbons (Fsp3) is 0.258.